The van der Waals surface area contributed by atoms with Gasteiger partial charge >= 0.3 is 0 Å². The molecule has 42 heavy (non-hydrogen) atoms. The Morgan fingerprint density at radius 1 is 1.17 bits per heavy atom. The number of hydrogen-bond donors (Lipinski definition) is 0. The fraction of sp³-hybridized carbons (Fsp3) is 0.516. The molecule has 0 spiro atoms. The summed E-state index contributed by atoms with van der Waals surface area (Å²) in [6, 6.07) is 6.80. The number of ether oxygens (including phenoxy) is 1. The SMILES string of the molecule is C=CC(=O)N1CCN2C(=O)c3c(N4C[C@@H](N5CC(N(C)C)C5)CC4(C)C)nc(-c4ccccc4F)c(Cl)c3OC[C@H]2C1. The molecule has 5 heterocycles. The minimum atomic E-state index is -0.456. The third-order valence-electron chi connectivity index (χ3n) is 9.32. The molecule has 11 heteroatoms. The summed E-state index contributed by atoms with van der Waals surface area (Å²) in [5.74, 6) is -0.198. The number of hydrogen-bond acceptors (Lipinski definition) is 7. The Morgan fingerprint density at radius 3 is 2.60 bits per heavy atom. The van der Waals surface area contributed by atoms with Crippen molar-refractivity contribution in [1.29, 1.82) is 0 Å². The van der Waals surface area contributed by atoms with Gasteiger partial charge in [-0.3, -0.25) is 14.5 Å². The van der Waals surface area contributed by atoms with Crippen LogP contribution in [0.1, 0.15) is 30.6 Å². The molecule has 3 saturated heterocycles. The Balaban J connectivity index is 1.43. The van der Waals surface area contributed by atoms with Crippen LogP contribution < -0.4 is 9.64 Å². The normalized spacial score (nSPS) is 24.2. The standard InChI is InChI=1S/C31H38ClFN6O3/c1-6-24(40)36-11-12-38-21(16-36)18-42-28-25(30(38)41)29(34-27(26(28)32)22-9-7-8-10-23(22)33)39-17-19(13-31(39,2)3)37-14-20(15-37)35(4)5/h6-10,19-21H,1,11-18H2,2-5H3/t19-,21+/m0/s1. The van der Waals surface area contributed by atoms with Crippen LogP contribution in [0.25, 0.3) is 11.3 Å². The molecule has 2 aromatic rings. The van der Waals surface area contributed by atoms with Gasteiger partial charge in [-0.2, -0.15) is 0 Å². The molecule has 0 unspecified atom stereocenters. The highest BCUT2D eigenvalue weighted by Gasteiger charge is 2.48. The van der Waals surface area contributed by atoms with Crippen molar-refractivity contribution in [2.45, 2.75) is 43.9 Å². The van der Waals surface area contributed by atoms with Crippen molar-refractivity contribution in [3.63, 3.8) is 0 Å². The lowest BCUT2D eigenvalue weighted by Gasteiger charge is -2.46. The molecule has 2 atom stereocenters. The molecule has 4 aliphatic rings. The first-order valence-corrected chi connectivity index (χ1v) is 14.9. The van der Waals surface area contributed by atoms with Gasteiger partial charge in [0.15, 0.2) is 5.75 Å². The molecule has 0 N–H and O–H groups in total. The Bertz CT molecular complexity index is 1430. The van der Waals surface area contributed by atoms with Crippen LogP contribution >= 0.6 is 11.6 Å². The quantitative estimate of drug-likeness (QED) is 0.490. The van der Waals surface area contributed by atoms with Crippen LogP contribution in [0.3, 0.4) is 0 Å². The zero-order valence-electron chi connectivity index (χ0n) is 24.6. The van der Waals surface area contributed by atoms with E-state index in [4.69, 9.17) is 21.3 Å². The largest absolute Gasteiger partial charge is 0.489 e. The smallest absolute Gasteiger partial charge is 0.261 e. The predicted octanol–water partition coefficient (Wildman–Crippen LogP) is 3.38. The number of carbonyl (C=O) groups is 2. The highest BCUT2D eigenvalue weighted by molar-refractivity contribution is 6.35. The molecule has 0 saturated carbocycles. The summed E-state index contributed by atoms with van der Waals surface area (Å²) in [5, 5.41) is 0.108. The second-order valence-corrected chi connectivity index (χ2v) is 13.0. The summed E-state index contributed by atoms with van der Waals surface area (Å²) in [6.45, 7) is 11.8. The molecule has 2 amide bonds. The highest BCUT2D eigenvalue weighted by Crippen LogP contribution is 2.47. The molecule has 6 rings (SSSR count). The average molecular weight is 597 g/mol. The van der Waals surface area contributed by atoms with E-state index in [-0.39, 0.29) is 58.1 Å². The third-order valence-corrected chi connectivity index (χ3v) is 9.67. The zero-order chi connectivity index (χ0) is 29.9. The van der Waals surface area contributed by atoms with Crippen molar-refractivity contribution in [3.8, 4) is 17.0 Å². The number of amides is 2. The second kappa shape index (κ2) is 10.8. The maximum Gasteiger partial charge on any atom is 0.261 e. The van der Waals surface area contributed by atoms with Gasteiger partial charge in [-0.15, -0.1) is 0 Å². The van der Waals surface area contributed by atoms with E-state index in [0.29, 0.717) is 43.6 Å². The maximum atomic E-state index is 15.1. The molecular formula is C31H38ClFN6O3. The van der Waals surface area contributed by atoms with Gasteiger partial charge in [0.2, 0.25) is 5.91 Å². The van der Waals surface area contributed by atoms with Crippen molar-refractivity contribution in [2.75, 3.05) is 64.9 Å². The number of aromatic nitrogens is 1. The van der Waals surface area contributed by atoms with Crippen molar-refractivity contribution < 1.29 is 18.7 Å². The summed E-state index contributed by atoms with van der Waals surface area (Å²) in [4.78, 5) is 42.1. The Morgan fingerprint density at radius 2 is 1.90 bits per heavy atom. The number of piperazine rings is 1. The molecular weight excluding hydrogens is 559 g/mol. The number of pyridine rings is 1. The van der Waals surface area contributed by atoms with Gasteiger partial charge in [0, 0.05) is 62.5 Å². The fourth-order valence-corrected chi connectivity index (χ4v) is 7.04. The van der Waals surface area contributed by atoms with E-state index in [1.807, 2.05) is 0 Å². The first-order chi connectivity index (χ1) is 20.0. The number of halogens is 2. The average Bonchev–Trinajstić information content (AvgIpc) is 3.15. The summed E-state index contributed by atoms with van der Waals surface area (Å²) in [6.07, 6.45) is 2.18. The maximum absolute atomic E-state index is 15.1. The van der Waals surface area contributed by atoms with Crippen LogP contribution in [0, 0.1) is 5.82 Å². The lowest BCUT2D eigenvalue weighted by atomic mass is 9.96. The Kier molecular flexibility index (Phi) is 7.43. The molecule has 0 aliphatic carbocycles. The van der Waals surface area contributed by atoms with Crippen LogP contribution in [0.5, 0.6) is 5.75 Å². The number of carbonyl (C=O) groups excluding carboxylic acids is 2. The lowest BCUT2D eigenvalue weighted by molar-refractivity contribution is -0.128. The topological polar surface area (TPSA) is 72.5 Å². The summed E-state index contributed by atoms with van der Waals surface area (Å²) >= 11 is 6.94. The Hall–Kier alpha value is -3.21. The summed E-state index contributed by atoms with van der Waals surface area (Å²) in [7, 11) is 4.21. The van der Waals surface area contributed by atoms with E-state index in [9.17, 15) is 9.59 Å². The summed E-state index contributed by atoms with van der Waals surface area (Å²) in [5.41, 5.74) is 0.457. The number of benzene rings is 1. The van der Waals surface area contributed by atoms with Crippen LogP contribution in [-0.2, 0) is 4.79 Å². The van der Waals surface area contributed by atoms with Gasteiger partial charge in [0.25, 0.3) is 5.91 Å². The number of anilines is 1. The van der Waals surface area contributed by atoms with E-state index < -0.39 is 5.82 Å². The molecule has 9 nitrogen and oxygen atoms in total. The predicted molar refractivity (Wildman–Crippen MR) is 161 cm³/mol. The minimum Gasteiger partial charge on any atom is -0.489 e. The van der Waals surface area contributed by atoms with Crippen molar-refractivity contribution >= 4 is 29.2 Å². The highest BCUT2D eigenvalue weighted by atomic mass is 35.5. The Labute approximate surface area is 251 Å². The van der Waals surface area contributed by atoms with Gasteiger partial charge in [-0.1, -0.05) is 30.3 Å². The first-order valence-electron chi connectivity index (χ1n) is 14.5. The molecule has 1 aromatic heterocycles. The van der Waals surface area contributed by atoms with Crippen molar-refractivity contribution in [2.24, 2.45) is 0 Å². The molecule has 4 aliphatic heterocycles. The molecule has 3 fully saturated rings. The molecule has 0 radical (unpaired) electrons. The first kappa shape index (κ1) is 28.9. The van der Waals surface area contributed by atoms with Gasteiger partial charge < -0.3 is 24.3 Å². The lowest BCUT2D eigenvalue weighted by Crippen LogP contribution is -2.61. The van der Waals surface area contributed by atoms with E-state index >= 15 is 4.39 Å². The third kappa shape index (κ3) is 4.83. The molecule has 224 valence electrons. The molecule has 0 bridgehead atoms. The van der Waals surface area contributed by atoms with E-state index in [1.54, 1.807) is 28.0 Å². The summed E-state index contributed by atoms with van der Waals surface area (Å²) < 4.78 is 21.5. The molecule has 1 aromatic carbocycles. The van der Waals surface area contributed by atoms with E-state index in [1.165, 1.54) is 12.1 Å². The van der Waals surface area contributed by atoms with Gasteiger partial charge in [-0.25, -0.2) is 9.37 Å². The van der Waals surface area contributed by atoms with Crippen LogP contribution in [0.4, 0.5) is 10.2 Å². The van der Waals surface area contributed by atoms with Crippen molar-refractivity contribution in [3.05, 3.63) is 53.3 Å². The number of likely N-dealkylation sites (N-methyl/N-ethyl adjacent to an activating group) is 1. The number of fused-ring (bicyclic) bond motifs is 2. The van der Waals surface area contributed by atoms with Gasteiger partial charge in [0.05, 0.1) is 11.7 Å². The minimum absolute atomic E-state index is 0.108. The van der Waals surface area contributed by atoms with Crippen LogP contribution in [0.2, 0.25) is 5.02 Å². The van der Waals surface area contributed by atoms with E-state index in [2.05, 4.69) is 49.2 Å². The van der Waals surface area contributed by atoms with Gasteiger partial charge in [-0.05, 0) is 52.6 Å². The monoisotopic (exact) mass is 596 g/mol. The number of nitrogens with zero attached hydrogens (tertiary/aromatic N) is 6. The van der Waals surface area contributed by atoms with Crippen molar-refractivity contribution in [1.82, 2.24) is 24.6 Å². The second-order valence-electron chi connectivity index (χ2n) is 12.6. The number of rotatable bonds is 5. The van der Waals surface area contributed by atoms with Crippen LogP contribution in [0.15, 0.2) is 36.9 Å². The van der Waals surface area contributed by atoms with Crippen LogP contribution in [-0.4, -0.2) is 120 Å². The fourth-order valence-electron chi connectivity index (χ4n) is 6.74. The van der Waals surface area contributed by atoms with E-state index in [0.717, 1.165) is 19.5 Å². The van der Waals surface area contributed by atoms with Gasteiger partial charge in [0.1, 0.15) is 28.8 Å². The number of likely N-dealkylation sites (tertiary alicyclic amines) is 1. The zero-order valence-corrected chi connectivity index (χ0v) is 25.4.